The van der Waals surface area contributed by atoms with Gasteiger partial charge in [0.15, 0.2) is 0 Å². The summed E-state index contributed by atoms with van der Waals surface area (Å²) >= 11 is 0. The van der Waals surface area contributed by atoms with E-state index in [1.807, 2.05) is 30.3 Å². The number of esters is 1. The molecule has 2 atom stereocenters. The average Bonchev–Trinajstić information content (AvgIpc) is 2.77. The summed E-state index contributed by atoms with van der Waals surface area (Å²) in [5.41, 5.74) is -0.739. The standard InChI is InChI=1S/C24H22F3NO3/c1-23(14-17-7-3-2-4-8-17,21(29)19-10-6-12-28-15-19)22(30)31-16-18-9-5-11-20(13-18)24(25,26)27/h2-13,15,21,29H,14,16H2,1H3. The topological polar surface area (TPSA) is 59.4 Å². The van der Waals surface area contributed by atoms with Crippen LogP contribution >= 0.6 is 0 Å². The first-order valence-electron chi connectivity index (χ1n) is 9.65. The van der Waals surface area contributed by atoms with Crippen LogP contribution in [-0.2, 0) is 28.7 Å². The van der Waals surface area contributed by atoms with Gasteiger partial charge in [0.05, 0.1) is 17.1 Å². The number of aliphatic hydroxyl groups is 1. The number of nitrogens with zero attached hydrogens (tertiary/aromatic N) is 1. The van der Waals surface area contributed by atoms with Gasteiger partial charge in [0.1, 0.15) is 6.61 Å². The number of benzene rings is 2. The smallest absolute Gasteiger partial charge is 0.416 e. The fourth-order valence-electron chi connectivity index (χ4n) is 3.36. The van der Waals surface area contributed by atoms with Gasteiger partial charge in [-0.05, 0) is 48.2 Å². The van der Waals surface area contributed by atoms with E-state index < -0.39 is 29.2 Å². The van der Waals surface area contributed by atoms with Gasteiger partial charge < -0.3 is 9.84 Å². The Hall–Kier alpha value is -3.19. The Bertz CT molecular complexity index is 1010. The van der Waals surface area contributed by atoms with Crippen molar-refractivity contribution in [2.75, 3.05) is 0 Å². The number of ether oxygens (including phenoxy) is 1. The van der Waals surface area contributed by atoms with E-state index in [2.05, 4.69) is 4.98 Å². The van der Waals surface area contributed by atoms with E-state index in [9.17, 15) is 23.1 Å². The van der Waals surface area contributed by atoms with Gasteiger partial charge in [0, 0.05) is 12.4 Å². The Kier molecular flexibility index (Phi) is 6.75. The van der Waals surface area contributed by atoms with Crippen molar-refractivity contribution in [2.45, 2.75) is 32.2 Å². The lowest BCUT2D eigenvalue weighted by molar-refractivity contribution is -0.164. The molecular formula is C24H22F3NO3. The number of hydrogen-bond donors (Lipinski definition) is 1. The van der Waals surface area contributed by atoms with Crippen LogP contribution in [-0.4, -0.2) is 16.1 Å². The zero-order valence-electron chi connectivity index (χ0n) is 16.8. The number of hydrogen-bond acceptors (Lipinski definition) is 4. The number of rotatable bonds is 7. The maximum atomic E-state index is 13.1. The summed E-state index contributed by atoms with van der Waals surface area (Å²) in [4.78, 5) is 17.1. The fourth-order valence-corrected chi connectivity index (χ4v) is 3.36. The van der Waals surface area contributed by atoms with Crippen LogP contribution in [0.5, 0.6) is 0 Å². The maximum Gasteiger partial charge on any atom is 0.416 e. The van der Waals surface area contributed by atoms with Gasteiger partial charge >= 0.3 is 12.1 Å². The third-order valence-electron chi connectivity index (χ3n) is 5.11. The molecule has 162 valence electrons. The first-order valence-corrected chi connectivity index (χ1v) is 9.65. The molecule has 3 rings (SSSR count). The number of aliphatic hydroxyl groups excluding tert-OH is 1. The highest BCUT2D eigenvalue weighted by atomic mass is 19.4. The highest BCUT2D eigenvalue weighted by molar-refractivity contribution is 5.78. The molecule has 2 unspecified atom stereocenters. The maximum absolute atomic E-state index is 13.1. The lowest BCUT2D eigenvalue weighted by atomic mass is 9.76. The summed E-state index contributed by atoms with van der Waals surface area (Å²) < 4.78 is 44.2. The summed E-state index contributed by atoms with van der Waals surface area (Å²) in [5, 5.41) is 11.0. The molecule has 0 saturated carbocycles. The van der Waals surface area contributed by atoms with Gasteiger partial charge in [0.25, 0.3) is 0 Å². The lowest BCUT2D eigenvalue weighted by Crippen LogP contribution is -2.38. The Morgan fingerprint density at radius 3 is 2.39 bits per heavy atom. The van der Waals surface area contributed by atoms with Gasteiger partial charge in [-0.25, -0.2) is 0 Å². The number of carbonyl (C=O) groups excluding carboxylic acids is 1. The second-order valence-electron chi connectivity index (χ2n) is 7.54. The van der Waals surface area contributed by atoms with Crippen molar-refractivity contribution in [1.82, 2.24) is 4.98 Å². The number of carbonyl (C=O) groups is 1. The van der Waals surface area contributed by atoms with Crippen LogP contribution in [0.25, 0.3) is 0 Å². The molecule has 0 saturated heterocycles. The van der Waals surface area contributed by atoms with E-state index in [4.69, 9.17) is 4.74 Å². The Balaban J connectivity index is 1.84. The van der Waals surface area contributed by atoms with E-state index in [-0.39, 0.29) is 18.6 Å². The number of pyridine rings is 1. The number of aromatic nitrogens is 1. The van der Waals surface area contributed by atoms with Crippen molar-refractivity contribution < 1.29 is 27.8 Å². The summed E-state index contributed by atoms with van der Waals surface area (Å²) in [5.74, 6) is -0.717. The highest BCUT2D eigenvalue weighted by Crippen LogP contribution is 2.38. The van der Waals surface area contributed by atoms with Crippen LogP contribution in [0.15, 0.2) is 79.1 Å². The first kappa shape index (κ1) is 22.5. The van der Waals surface area contributed by atoms with Gasteiger partial charge in [-0.1, -0.05) is 48.5 Å². The molecule has 0 radical (unpaired) electrons. The second-order valence-corrected chi connectivity index (χ2v) is 7.54. The van der Waals surface area contributed by atoms with Crippen molar-refractivity contribution >= 4 is 5.97 Å². The summed E-state index contributed by atoms with van der Waals surface area (Å²) in [6.07, 6.45) is -2.52. The molecule has 0 amide bonds. The van der Waals surface area contributed by atoms with Crippen molar-refractivity contribution in [1.29, 1.82) is 0 Å². The summed E-state index contributed by atoms with van der Waals surface area (Å²) in [7, 11) is 0. The van der Waals surface area contributed by atoms with E-state index in [1.54, 1.807) is 25.3 Å². The molecule has 0 aliphatic rings. The molecular weight excluding hydrogens is 407 g/mol. The minimum Gasteiger partial charge on any atom is -0.460 e. The minimum absolute atomic E-state index is 0.172. The van der Waals surface area contributed by atoms with Crippen LogP contribution < -0.4 is 0 Å². The van der Waals surface area contributed by atoms with Gasteiger partial charge in [-0.15, -0.1) is 0 Å². The van der Waals surface area contributed by atoms with Crippen LogP contribution in [0.2, 0.25) is 0 Å². The fraction of sp³-hybridized carbons (Fsp3) is 0.250. The minimum atomic E-state index is -4.49. The Morgan fingerprint density at radius 2 is 1.74 bits per heavy atom. The van der Waals surface area contributed by atoms with E-state index in [1.165, 1.54) is 18.3 Å². The van der Waals surface area contributed by atoms with E-state index in [0.717, 1.165) is 17.7 Å². The molecule has 1 aromatic heterocycles. The summed E-state index contributed by atoms with van der Waals surface area (Å²) in [6, 6.07) is 17.0. The van der Waals surface area contributed by atoms with Crippen molar-refractivity contribution in [3.8, 4) is 0 Å². The zero-order valence-corrected chi connectivity index (χ0v) is 16.8. The predicted molar refractivity (Wildman–Crippen MR) is 109 cm³/mol. The molecule has 0 aliphatic heterocycles. The first-order chi connectivity index (χ1) is 14.7. The van der Waals surface area contributed by atoms with Crippen LogP contribution in [0.1, 0.15) is 35.3 Å². The van der Waals surface area contributed by atoms with Crippen molar-refractivity contribution in [3.05, 3.63) is 101 Å². The summed E-state index contributed by atoms with van der Waals surface area (Å²) in [6.45, 7) is 1.24. The molecule has 2 aromatic carbocycles. The van der Waals surface area contributed by atoms with Gasteiger partial charge in [-0.2, -0.15) is 13.2 Å². The molecule has 31 heavy (non-hydrogen) atoms. The molecule has 3 aromatic rings. The quantitative estimate of drug-likeness (QED) is 0.529. The highest BCUT2D eigenvalue weighted by Gasteiger charge is 2.43. The van der Waals surface area contributed by atoms with Gasteiger partial charge in [-0.3, -0.25) is 9.78 Å². The zero-order chi connectivity index (χ0) is 22.5. The molecule has 1 N–H and O–H groups in total. The SMILES string of the molecule is CC(Cc1ccccc1)(C(=O)OCc1cccc(C(F)(F)F)c1)C(O)c1cccnc1. The molecule has 0 bridgehead atoms. The van der Waals surface area contributed by atoms with Crippen LogP contribution in [0.3, 0.4) is 0 Å². The van der Waals surface area contributed by atoms with Crippen molar-refractivity contribution in [2.24, 2.45) is 5.41 Å². The third kappa shape index (κ3) is 5.49. The van der Waals surface area contributed by atoms with E-state index >= 15 is 0 Å². The lowest BCUT2D eigenvalue weighted by Gasteiger charge is -2.32. The monoisotopic (exact) mass is 429 g/mol. The molecule has 0 fully saturated rings. The number of alkyl halides is 3. The second kappa shape index (κ2) is 9.31. The van der Waals surface area contributed by atoms with Crippen LogP contribution in [0, 0.1) is 5.41 Å². The largest absolute Gasteiger partial charge is 0.460 e. The van der Waals surface area contributed by atoms with Gasteiger partial charge in [0.2, 0.25) is 0 Å². The average molecular weight is 429 g/mol. The molecule has 1 heterocycles. The molecule has 4 nitrogen and oxygen atoms in total. The van der Waals surface area contributed by atoms with Crippen LogP contribution in [0.4, 0.5) is 13.2 Å². The predicted octanol–water partition coefficient (Wildman–Crippen LogP) is 5.13. The number of halogens is 3. The van der Waals surface area contributed by atoms with Crippen molar-refractivity contribution in [3.63, 3.8) is 0 Å². The Morgan fingerprint density at radius 1 is 1.03 bits per heavy atom. The molecule has 7 heteroatoms. The molecule has 0 spiro atoms. The third-order valence-corrected chi connectivity index (χ3v) is 5.11. The van der Waals surface area contributed by atoms with E-state index in [0.29, 0.717) is 5.56 Å². The Labute approximate surface area is 178 Å². The normalized spacial score (nSPS) is 14.5. The molecule has 0 aliphatic carbocycles.